The fraction of sp³-hybridized carbons (Fsp3) is 0.462. The van der Waals surface area contributed by atoms with E-state index in [9.17, 15) is 0 Å². The van der Waals surface area contributed by atoms with Gasteiger partial charge in [-0.1, -0.05) is 45.0 Å². The van der Waals surface area contributed by atoms with Crippen molar-refractivity contribution in [3.05, 3.63) is 35.4 Å². The Morgan fingerprint density at radius 3 is 2.19 bits per heavy atom. The summed E-state index contributed by atoms with van der Waals surface area (Å²) in [5, 5.41) is 0. The first-order valence-corrected chi connectivity index (χ1v) is 5.61. The summed E-state index contributed by atoms with van der Waals surface area (Å²) in [6.07, 6.45) is 0. The van der Waals surface area contributed by atoms with Gasteiger partial charge in [0, 0.05) is 12.1 Å². The lowest BCUT2D eigenvalue weighted by Crippen LogP contribution is -2.31. The molecule has 0 aromatic heterocycles. The van der Waals surface area contributed by atoms with E-state index in [1.165, 1.54) is 5.56 Å². The maximum absolute atomic E-state index is 5.43. The van der Waals surface area contributed by atoms with Gasteiger partial charge in [0.1, 0.15) is 5.84 Å². The molecule has 0 saturated carbocycles. The van der Waals surface area contributed by atoms with Crippen molar-refractivity contribution in [1.82, 2.24) is 5.43 Å². The molecule has 0 aliphatic rings. The Kier molecular flexibility index (Phi) is 4.07. The zero-order chi connectivity index (χ0) is 12.2. The zero-order valence-electron chi connectivity index (χ0n) is 10.5. The lowest BCUT2D eigenvalue weighted by molar-refractivity contribution is 0.590. The molecule has 0 spiro atoms. The summed E-state index contributed by atoms with van der Waals surface area (Å²) in [5.74, 6) is 6.17. The van der Waals surface area contributed by atoms with E-state index in [1.54, 1.807) is 0 Å². The summed E-state index contributed by atoms with van der Waals surface area (Å²) in [7, 11) is 0. The summed E-state index contributed by atoms with van der Waals surface area (Å²) in [6.45, 7) is 9.31. The van der Waals surface area contributed by atoms with Crippen LogP contribution in [0.5, 0.6) is 0 Å². The highest BCUT2D eigenvalue weighted by molar-refractivity contribution is 5.98. The summed E-state index contributed by atoms with van der Waals surface area (Å²) in [6, 6.07) is 8.35. The number of rotatable bonds is 2. The minimum atomic E-state index is 0.177. The average Bonchev–Trinajstić information content (AvgIpc) is 2.25. The summed E-state index contributed by atoms with van der Waals surface area (Å²) < 4.78 is 0. The number of benzene rings is 1. The molecule has 16 heavy (non-hydrogen) atoms. The highest BCUT2D eigenvalue weighted by Crippen LogP contribution is 2.22. The molecule has 0 unspecified atom stereocenters. The van der Waals surface area contributed by atoms with Crippen LogP contribution in [0.15, 0.2) is 29.3 Å². The normalized spacial score (nSPS) is 12.7. The Labute approximate surface area is 97.7 Å². The van der Waals surface area contributed by atoms with E-state index >= 15 is 0 Å². The molecule has 1 rings (SSSR count). The van der Waals surface area contributed by atoms with Crippen LogP contribution in [0.1, 0.15) is 38.8 Å². The molecule has 0 fully saturated rings. The molecule has 0 aliphatic carbocycles. The van der Waals surface area contributed by atoms with Crippen molar-refractivity contribution >= 4 is 5.84 Å². The predicted octanol–water partition coefficient (Wildman–Crippen LogP) is 2.21. The quantitative estimate of drug-likeness (QED) is 0.347. The topological polar surface area (TPSA) is 50.4 Å². The average molecular weight is 219 g/mol. The van der Waals surface area contributed by atoms with Crippen LogP contribution in [0.4, 0.5) is 0 Å². The van der Waals surface area contributed by atoms with Crippen LogP contribution in [-0.4, -0.2) is 12.4 Å². The Morgan fingerprint density at radius 1 is 1.25 bits per heavy atom. The second-order valence-corrected chi connectivity index (χ2v) is 4.79. The third-order valence-corrected chi connectivity index (χ3v) is 2.48. The fourth-order valence-electron chi connectivity index (χ4n) is 1.51. The van der Waals surface area contributed by atoms with Gasteiger partial charge in [-0.2, -0.15) is 0 Å². The Hall–Kier alpha value is -1.35. The second-order valence-electron chi connectivity index (χ2n) is 4.79. The first kappa shape index (κ1) is 12.7. The van der Waals surface area contributed by atoms with E-state index in [4.69, 9.17) is 5.84 Å². The van der Waals surface area contributed by atoms with Crippen LogP contribution in [0, 0.1) is 0 Å². The number of nitrogens with zero attached hydrogens (tertiary/aromatic N) is 1. The van der Waals surface area contributed by atoms with Gasteiger partial charge in [-0.3, -0.25) is 4.99 Å². The fourth-order valence-corrected chi connectivity index (χ4v) is 1.51. The van der Waals surface area contributed by atoms with Crippen molar-refractivity contribution in [3.63, 3.8) is 0 Å². The molecule has 0 bridgehead atoms. The van der Waals surface area contributed by atoms with Crippen LogP contribution in [0.25, 0.3) is 0 Å². The number of hydrogen-bond acceptors (Lipinski definition) is 2. The van der Waals surface area contributed by atoms with E-state index in [1.807, 2.05) is 6.92 Å². The van der Waals surface area contributed by atoms with Gasteiger partial charge < -0.3 is 5.43 Å². The van der Waals surface area contributed by atoms with Gasteiger partial charge in [0.15, 0.2) is 0 Å². The van der Waals surface area contributed by atoms with Gasteiger partial charge in [-0.25, -0.2) is 5.84 Å². The molecular weight excluding hydrogens is 198 g/mol. The van der Waals surface area contributed by atoms with E-state index in [0.717, 1.165) is 17.9 Å². The lowest BCUT2D eigenvalue weighted by Gasteiger charge is -2.19. The first-order valence-electron chi connectivity index (χ1n) is 5.61. The third-order valence-electron chi connectivity index (χ3n) is 2.48. The lowest BCUT2D eigenvalue weighted by atomic mass is 9.86. The van der Waals surface area contributed by atoms with Crippen molar-refractivity contribution in [2.24, 2.45) is 10.8 Å². The molecule has 0 heterocycles. The molecule has 3 heteroatoms. The van der Waals surface area contributed by atoms with Gasteiger partial charge in [0.25, 0.3) is 0 Å². The monoisotopic (exact) mass is 219 g/mol. The Bertz CT molecular complexity index is 358. The van der Waals surface area contributed by atoms with Crippen LogP contribution < -0.4 is 11.3 Å². The molecule has 0 saturated heterocycles. The molecule has 1 aromatic carbocycles. The highest BCUT2D eigenvalue weighted by atomic mass is 15.2. The largest absolute Gasteiger partial charge is 0.308 e. The van der Waals surface area contributed by atoms with Crippen molar-refractivity contribution < 1.29 is 0 Å². The number of aliphatic imine (C=N–C) groups is 1. The van der Waals surface area contributed by atoms with E-state index in [-0.39, 0.29) is 5.41 Å². The number of hydrazine groups is 1. The summed E-state index contributed by atoms with van der Waals surface area (Å²) >= 11 is 0. The standard InChI is InChI=1S/C13H21N3/c1-5-15-12(16-14)10-6-8-11(9-7-10)13(2,3)4/h6-9H,5,14H2,1-4H3,(H,15,16). The SMILES string of the molecule is CCN=C(NN)c1ccc(C(C)(C)C)cc1. The summed E-state index contributed by atoms with van der Waals surface area (Å²) in [5.41, 5.74) is 5.14. The van der Waals surface area contributed by atoms with Crippen molar-refractivity contribution in [1.29, 1.82) is 0 Å². The number of nitrogens with one attached hydrogen (secondary N) is 1. The van der Waals surface area contributed by atoms with Crippen molar-refractivity contribution in [2.75, 3.05) is 6.54 Å². The van der Waals surface area contributed by atoms with Crippen molar-refractivity contribution in [3.8, 4) is 0 Å². The van der Waals surface area contributed by atoms with E-state index in [0.29, 0.717) is 0 Å². The Balaban J connectivity index is 2.99. The first-order chi connectivity index (χ1) is 7.49. The second kappa shape index (κ2) is 5.12. The smallest absolute Gasteiger partial charge is 0.142 e. The maximum atomic E-state index is 5.43. The van der Waals surface area contributed by atoms with Gasteiger partial charge >= 0.3 is 0 Å². The highest BCUT2D eigenvalue weighted by Gasteiger charge is 2.13. The molecule has 3 N–H and O–H groups in total. The zero-order valence-corrected chi connectivity index (χ0v) is 10.5. The van der Waals surface area contributed by atoms with Crippen LogP contribution in [0.2, 0.25) is 0 Å². The van der Waals surface area contributed by atoms with E-state index in [2.05, 4.69) is 55.5 Å². The van der Waals surface area contributed by atoms with Gasteiger partial charge in [-0.05, 0) is 17.9 Å². The third kappa shape index (κ3) is 3.07. The molecule has 1 aromatic rings. The van der Waals surface area contributed by atoms with Crippen molar-refractivity contribution in [2.45, 2.75) is 33.1 Å². The molecular formula is C13H21N3. The molecule has 0 aliphatic heterocycles. The molecule has 0 amide bonds. The number of hydrogen-bond donors (Lipinski definition) is 2. The Morgan fingerprint density at radius 2 is 1.81 bits per heavy atom. The van der Waals surface area contributed by atoms with Crippen LogP contribution >= 0.6 is 0 Å². The minimum Gasteiger partial charge on any atom is -0.308 e. The van der Waals surface area contributed by atoms with Gasteiger partial charge in [-0.15, -0.1) is 0 Å². The molecule has 0 atom stereocenters. The number of amidine groups is 1. The van der Waals surface area contributed by atoms with Gasteiger partial charge in [0.05, 0.1) is 0 Å². The minimum absolute atomic E-state index is 0.177. The molecule has 88 valence electrons. The number of nitrogens with two attached hydrogens (primary N) is 1. The predicted molar refractivity (Wildman–Crippen MR) is 69.5 cm³/mol. The molecule has 0 radical (unpaired) electrons. The van der Waals surface area contributed by atoms with Crippen LogP contribution in [0.3, 0.4) is 0 Å². The summed E-state index contributed by atoms with van der Waals surface area (Å²) in [4.78, 5) is 4.29. The van der Waals surface area contributed by atoms with E-state index < -0.39 is 0 Å². The maximum Gasteiger partial charge on any atom is 0.142 e. The van der Waals surface area contributed by atoms with Crippen LogP contribution in [-0.2, 0) is 5.41 Å². The molecule has 3 nitrogen and oxygen atoms in total. The van der Waals surface area contributed by atoms with Gasteiger partial charge in [0.2, 0.25) is 0 Å².